The van der Waals surface area contributed by atoms with Crippen molar-refractivity contribution in [2.75, 3.05) is 46.9 Å². The molecule has 1 saturated carbocycles. The molecule has 0 amide bonds. The second-order valence-corrected chi connectivity index (χ2v) is 6.22. The minimum absolute atomic E-state index is 0.773. The predicted molar refractivity (Wildman–Crippen MR) is 89.9 cm³/mol. The van der Waals surface area contributed by atoms with Crippen LogP contribution in [-0.4, -0.2) is 63.8 Å². The van der Waals surface area contributed by atoms with E-state index in [0.717, 1.165) is 50.7 Å². The van der Waals surface area contributed by atoms with Crippen molar-refractivity contribution in [2.45, 2.75) is 45.6 Å². The minimum atomic E-state index is 0.773. The zero-order chi connectivity index (χ0) is 15.5. The zero-order valence-corrected chi connectivity index (χ0v) is 14.3. The predicted octanol–water partition coefficient (Wildman–Crippen LogP) is 1.70. The molecule has 0 aromatic carbocycles. The highest BCUT2D eigenvalue weighted by molar-refractivity contribution is 5.79. The molecular weight excluding hydrogens is 264 g/mol. The van der Waals surface area contributed by atoms with E-state index < -0.39 is 0 Å². The molecule has 0 spiro atoms. The molecule has 21 heavy (non-hydrogen) atoms. The first kappa shape index (κ1) is 18.2. The van der Waals surface area contributed by atoms with E-state index in [1.54, 1.807) is 7.11 Å². The first-order valence-corrected chi connectivity index (χ1v) is 8.34. The zero-order valence-electron chi connectivity index (χ0n) is 14.3. The molecule has 1 fully saturated rings. The van der Waals surface area contributed by atoms with Crippen LogP contribution in [0.4, 0.5) is 0 Å². The van der Waals surface area contributed by atoms with Gasteiger partial charge in [0.15, 0.2) is 5.96 Å². The molecule has 0 aromatic rings. The van der Waals surface area contributed by atoms with Gasteiger partial charge in [0.1, 0.15) is 0 Å². The average Bonchev–Trinajstić information content (AvgIpc) is 3.29. The lowest BCUT2D eigenvalue weighted by Crippen LogP contribution is -2.43. The molecule has 0 heterocycles. The fraction of sp³-hybridized carbons (Fsp3) is 0.938. The second kappa shape index (κ2) is 10.9. The standard InChI is InChI=1S/C16H34N4O/c1-14(2)6-5-9-18-16(17-3)19-10-11-20(12-13-21-4)15-7-8-15/h14-15H,5-13H2,1-4H3,(H2,17,18,19). The Hall–Kier alpha value is -0.810. The number of hydrogen-bond donors (Lipinski definition) is 2. The number of aliphatic imine (C=N–C) groups is 1. The van der Waals surface area contributed by atoms with Crippen molar-refractivity contribution in [3.05, 3.63) is 0 Å². The van der Waals surface area contributed by atoms with E-state index in [4.69, 9.17) is 4.74 Å². The summed E-state index contributed by atoms with van der Waals surface area (Å²) in [6.07, 6.45) is 5.13. The Morgan fingerprint density at radius 3 is 2.52 bits per heavy atom. The van der Waals surface area contributed by atoms with Crippen LogP contribution < -0.4 is 10.6 Å². The monoisotopic (exact) mass is 298 g/mol. The Kier molecular flexibility index (Phi) is 9.42. The molecule has 0 unspecified atom stereocenters. The Morgan fingerprint density at radius 1 is 1.24 bits per heavy atom. The van der Waals surface area contributed by atoms with E-state index in [2.05, 4.69) is 34.4 Å². The summed E-state index contributed by atoms with van der Waals surface area (Å²) in [5.41, 5.74) is 0. The van der Waals surface area contributed by atoms with Gasteiger partial charge in [-0.25, -0.2) is 0 Å². The highest BCUT2D eigenvalue weighted by atomic mass is 16.5. The van der Waals surface area contributed by atoms with Gasteiger partial charge in [-0.15, -0.1) is 0 Å². The minimum Gasteiger partial charge on any atom is -0.383 e. The molecule has 0 aliphatic heterocycles. The van der Waals surface area contributed by atoms with Gasteiger partial charge in [0.2, 0.25) is 0 Å². The third kappa shape index (κ3) is 8.94. The van der Waals surface area contributed by atoms with Gasteiger partial charge >= 0.3 is 0 Å². The summed E-state index contributed by atoms with van der Waals surface area (Å²) in [7, 11) is 3.60. The van der Waals surface area contributed by atoms with Crippen molar-refractivity contribution in [3.8, 4) is 0 Å². The van der Waals surface area contributed by atoms with Gasteiger partial charge in [-0.3, -0.25) is 9.89 Å². The Bertz CT molecular complexity index is 290. The first-order chi connectivity index (χ1) is 10.2. The van der Waals surface area contributed by atoms with E-state index in [9.17, 15) is 0 Å². The first-order valence-electron chi connectivity index (χ1n) is 8.34. The van der Waals surface area contributed by atoms with Gasteiger partial charge in [-0.1, -0.05) is 13.8 Å². The van der Waals surface area contributed by atoms with E-state index in [-0.39, 0.29) is 0 Å². The highest BCUT2D eigenvalue weighted by Gasteiger charge is 2.28. The van der Waals surface area contributed by atoms with Crippen molar-refractivity contribution >= 4 is 5.96 Å². The number of rotatable bonds is 11. The number of nitrogens with zero attached hydrogens (tertiary/aromatic N) is 2. The van der Waals surface area contributed by atoms with Crippen molar-refractivity contribution in [1.29, 1.82) is 0 Å². The van der Waals surface area contributed by atoms with Gasteiger partial charge in [0.25, 0.3) is 0 Å². The summed E-state index contributed by atoms with van der Waals surface area (Å²) < 4.78 is 5.19. The molecule has 0 saturated heterocycles. The van der Waals surface area contributed by atoms with Gasteiger partial charge in [0, 0.05) is 46.4 Å². The number of nitrogens with one attached hydrogen (secondary N) is 2. The molecule has 0 bridgehead atoms. The fourth-order valence-electron chi connectivity index (χ4n) is 2.38. The SMILES string of the molecule is CN=C(NCCCC(C)C)NCCN(CCOC)C1CC1. The Labute approximate surface area is 130 Å². The average molecular weight is 298 g/mol. The summed E-state index contributed by atoms with van der Waals surface area (Å²) in [6.45, 7) is 9.36. The summed E-state index contributed by atoms with van der Waals surface area (Å²) in [4.78, 5) is 6.79. The van der Waals surface area contributed by atoms with Crippen LogP contribution in [-0.2, 0) is 4.74 Å². The maximum Gasteiger partial charge on any atom is 0.191 e. The Morgan fingerprint density at radius 2 is 1.95 bits per heavy atom. The van der Waals surface area contributed by atoms with Crippen LogP contribution in [0.5, 0.6) is 0 Å². The van der Waals surface area contributed by atoms with Crippen LogP contribution in [0.1, 0.15) is 39.5 Å². The van der Waals surface area contributed by atoms with Crippen LogP contribution in [0.2, 0.25) is 0 Å². The molecule has 5 heteroatoms. The van der Waals surface area contributed by atoms with E-state index in [1.807, 2.05) is 7.05 Å². The molecule has 0 aromatic heterocycles. The van der Waals surface area contributed by atoms with Crippen LogP contribution in [0.3, 0.4) is 0 Å². The molecule has 0 atom stereocenters. The van der Waals surface area contributed by atoms with E-state index >= 15 is 0 Å². The molecule has 0 radical (unpaired) electrons. The maximum absolute atomic E-state index is 5.19. The van der Waals surface area contributed by atoms with Gasteiger partial charge in [-0.2, -0.15) is 0 Å². The van der Waals surface area contributed by atoms with Crippen LogP contribution in [0.25, 0.3) is 0 Å². The number of guanidine groups is 1. The number of hydrogen-bond acceptors (Lipinski definition) is 3. The van der Waals surface area contributed by atoms with Gasteiger partial charge < -0.3 is 15.4 Å². The second-order valence-electron chi connectivity index (χ2n) is 6.22. The van der Waals surface area contributed by atoms with Crippen molar-refractivity contribution < 1.29 is 4.74 Å². The fourth-order valence-corrected chi connectivity index (χ4v) is 2.38. The topological polar surface area (TPSA) is 48.9 Å². The molecular formula is C16H34N4O. The van der Waals surface area contributed by atoms with Crippen LogP contribution >= 0.6 is 0 Å². The molecule has 1 rings (SSSR count). The third-order valence-corrected chi connectivity index (χ3v) is 3.81. The molecule has 1 aliphatic rings. The normalized spacial score (nSPS) is 15.8. The smallest absolute Gasteiger partial charge is 0.191 e. The van der Waals surface area contributed by atoms with Crippen LogP contribution in [0.15, 0.2) is 4.99 Å². The lowest BCUT2D eigenvalue weighted by Gasteiger charge is -2.22. The Balaban J connectivity index is 2.12. The largest absolute Gasteiger partial charge is 0.383 e. The maximum atomic E-state index is 5.19. The van der Waals surface area contributed by atoms with E-state index in [1.165, 1.54) is 25.7 Å². The lowest BCUT2D eigenvalue weighted by molar-refractivity contribution is 0.144. The molecule has 5 nitrogen and oxygen atoms in total. The summed E-state index contributed by atoms with van der Waals surface area (Å²) in [6, 6.07) is 0.781. The van der Waals surface area contributed by atoms with Crippen molar-refractivity contribution in [2.24, 2.45) is 10.9 Å². The number of ether oxygens (including phenoxy) is 1. The van der Waals surface area contributed by atoms with Gasteiger partial charge in [0.05, 0.1) is 6.61 Å². The van der Waals surface area contributed by atoms with Crippen molar-refractivity contribution in [1.82, 2.24) is 15.5 Å². The summed E-state index contributed by atoms with van der Waals surface area (Å²) >= 11 is 0. The molecule has 124 valence electrons. The highest BCUT2D eigenvalue weighted by Crippen LogP contribution is 2.25. The van der Waals surface area contributed by atoms with Gasteiger partial charge in [-0.05, 0) is 31.6 Å². The van der Waals surface area contributed by atoms with Crippen LogP contribution in [0, 0.1) is 5.92 Å². The molecule has 2 N–H and O–H groups in total. The summed E-state index contributed by atoms with van der Waals surface area (Å²) in [5.74, 6) is 1.69. The molecule has 1 aliphatic carbocycles. The van der Waals surface area contributed by atoms with E-state index in [0.29, 0.717) is 0 Å². The summed E-state index contributed by atoms with van der Waals surface area (Å²) in [5, 5.41) is 6.79. The quantitative estimate of drug-likeness (QED) is 0.346. The van der Waals surface area contributed by atoms with Crippen molar-refractivity contribution in [3.63, 3.8) is 0 Å². The third-order valence-electron chi connectivity index (χ3n) is 3.81. The number of methoxy groups -OCH3 is 1. The lowest BCUT2D eigenvalue weighted by atomic mass is 10.1.